The van der Waals surface area contributed by atoms with Crippen LogP contribution in [-0.2, 0) is 10.0 Å². The molecule has 2 rings (SSSR count). The first kappa shape index (κ1) is 15.8. The Morgan fingerprint density at radius 2 is 2.20 bits per heavy atom. The zero-order chi connectivity index (χ0) is 14.8. The highest BCUT2D eigenvalue weighted by Gasteiger charge is 2.28. The van der Waals surface area contributed by atoms with Gasteiger partial charge in [-0.15, -0.1) is 0 Å². The summed E-state index contributed by atoms with van der Waals surface area (Å²) in [5.41, 5.74) is 0.690. The third-order valence-electron chi connectivity index (χ3n) is 3.69. The summed E-state index contributed by atoms with van der Waals surface area (Å²) in [5, 5.41) is 3.90. The summed E-state index contributed by atoms with van der Waals surface area (Å²) in [6, 6.07) is 5.18. The van der Waals surface area contributed by atoms with Gasteiger partial charge in [-0.05, 0) is 50.1 Å². The second-order valence-electron chi connectivity index (χ2n) is 5.16. The third kappa shape index (κ3) is 3.34. The maximum absolute atomic E-state index is 12.7. The first-order chi connectivity index (χ1) is 9.45. The van der Waals surface area contributed by atoms with Gasteiger partial charge < -0.3 is 5.32 Å². The molecule has 1 heterocycles. The molecule has 1 aliphatic heterocycles. The molecule has 4 nitrogen and oxygen atoms in total. The van der Waals surface area contributed by atoms with Crippen LogP contribution in [0.4, 0.5) is 0 Å². The minimum Gasteiger partial charge on any atom is -0.313 e. The minimum atomic E-state index is -3.45. The highest BCUT2D eigenvalue weighted by molar-refractivity contribution is 7.89. The van der Waals surface area contributed by atoms with Crippen molar-refractivity contribution in [1.82, 2.24) is 9.62 Å². The van der Waals surface area contributed by atoms with Crippen LogP contribution >= 0.6 is 11.6 Å². The Hall–Kier alpha value is -0.620. The summed E-state index contributed by atoms with van der Waals surface area (Å²) in [6.07, 6.45) is 2.15. The highest BCUT2D eigenvalue weighted by atomic mass is 35.5. The van der Waals surface area contributed by atoms with Crippen molar-refractivity contribution in [3.8, 4) is 0 Å². The van der Waals surface area contributed by atoms with Crippen molar-refractivity contribution in [2.45, 2.75) is 37.6 Å². The molecule has 1 unspecified atom stereocenters. The zero-order valence-electron chi connectivity index (χ0n) is 11.9. The van der Waals surface area contributed by atoms with Crippen molar-refractivity contribution in [2.24, 2.45) is 0 Å². The number of aryl methyl sites for hydroxylation is 1. The molecule has 0 saturated carbocycles. The van der Waals surface area contributed by atoms with Crippen LogP contribution in [0, 0.1) is 6.92 Å². The number of benzene rings is 1. The number of likely N-dealkylation sites (N-methyl/N-ethyl adjacent to an activating group) is 1. The monoisotopic (exact) mass is 316 g/mol. The van der Waals surface area contributed by atoms with Crippen molar-refractivity contribution in [3.63, 3.8) is 0 Å². The van der Waals surface area contributed by atoms with E-state index in [1.165, 1.54) is 0 Å². The van der Waals surface area contributed by atoms with Crippen molar-refractivity contribution in [1.29, 1.82) is 0 Å². The van der Waals surface area contributed by atoms with Gasteiger partial charge in [0.15, 0.2) is 0 Å². The van der Waals surface area contributed by atoms with E-state index < -0.39 is 10.0 Å². The van der Waals surface area contributed by atoms with Gasteiger partial charge in [0, 0.05) is 24.2 Å². The van der Waals surface area contributed by atoms with Crippen LogP contribution in [0.2, 0.25) is 5.02 Å². The van der Waals surface area contributed by atoms with E-state index in [1.807, 2.05) is 6.92 Å². The first-order valence-electron chi connectivity index (χ1n) is 6.95. The fourth-order valence-electron chi connectivity index (χ4n) is 2.60. The van der Waals surface area contributed by atoms with Crippen LogP contribution in [0.5, 0.6) is 0 Å². The van der Waals surface area contributed by atoms with Crippen LogP contribution in [0.15, 0.2) is 23.1 Å². The fourth-order valence-corrected chi connectivity index (χ4v) is 4.52. The van der Waals surface area contributed by atoms with E-state index in [2.05, 4.69) is 5.32 Å². The van der Waals surface area contributed by atoms with E-state index >= 15 is 0 Å². The molecule has 0 radical (unpaired) electrons. The van der Waals surface area contributed by atoms with E-state index in [0.717, 1.165) is 19.4 Å². The van der Waals surface area contributed by atoms with Crippen LogP contribution < -0.4 is 5.32 Å². The molecule has 0 aromatic heterocycles. The van der Waals surface area contributed by atoms with E-state index in [1.54, 1.807) is 29.4 Å². The predicted molar refractivity (Wildman–Crippen MR) is 81.6 cm³/mol. The third-order valence-corrected chi connectivity index (χ3v) is 6.03. The Morgan fingerprint density at radius 3 is 2.75 bits per heavy atom. The van der Waals surface area contributed by atoms with E-state index in [0.29, 0.717) is 28.6 Å². The van der Waals surface area contributed by atoms with E-state index in [4.69, 9.17) is 11.6 Å². The van der Waals surface area contributed by atoms with Gasteiger partial charge in [0.1, 0.15) is 0 Å². The zero-order valence-corrected chi connectivity index (χ0v) is 13.5. The number of halogens is 1. The number of hydrogen-bond acceptors (Lipinski definition) is 3. The summed E-state index contributed by atoms with van der Waals surface area (Å²) in [6.45, 7) is 5.63. The number of sulfonamides is 1. The smallest absolute Gasteiger partial charge is 0.243 e. The number of hydrogen-bond donors (Lipinski definition) is 1. The van der Waals surface area contributed by atoms with Gasteiger partial charge in [0.2, 0.25) is 10.0 Å². The van der Waals surface area contributed by atoms with Crippen LogP contribution in [-0.4, -0.2) is 38.4 Å². The summed E-state index contributed by atoms with van der Waals surface area (Å²) in [5.74, 6) is 0. The molecular formula is C14H21ClN2O2S. The second-order valence-corrected chi connectivity index (χ2v) is 7.50. The normalized spacial score (nSPS) is 19.7. The lowest BCUT2D eigenvalue weighted by molar-refractivity contribution is 0.382. The minimum absolute atomic E-state index is 0.261. The maximum atomic E-state index is 12.7. The number of nitrogens with one attached hydrogen (secondary N) is 1. The molecule has 1 aromatic rings. The maximum Gasteiger partial charge on any atom is 0.243 e. The van der Waals surface area contributed by atoms with Gasteiger partial charge in [0.25, 0.3) is 0 Å². The molecule has 112 valence electrons. The molecule has 1 aromatic carbocycles. The summed E-state index contributed by atoms with van der Waals surface area (Å²) < 4.78 is 27.0. The SMILES string of the molecule is CCN(CC1CCCN1)S(=O)(=O)c1ccc(Cl)cc1C. The molecule has 1 atom stereocenters. The van der Waals surface area contributed by atoms with E-state index in [-0.39, 0.29) is 6.04 Å². The lowest BCUT2D eigenvalue weighted by atomic mass is 10.2. The molecule has 0 aliphatic carbocycles. The molecule has 1 saturated heterocycles. The molecule has 0 amide bonds. The van der Waals surface area contributed by atoms with E-state index in [9.17, 15) is 8.42 Å². The van der Waals surface area contributed by atoms with Gasteiger partial charge in [-0.25, -0.2) is 8.42 Å². The first-order valence-corrected chi connectivity index (χ1v) is 8.76. The van der Waals surface area contributed by atoms with Crippen LogP contribution in [0.3, 0.4) is 0 Å². The Morgan fingerprint density at radius 1 is 1.45 bits per heavy atom. The standard InChI is InChI=1S/C14H21ClN2O2S/c1-3-17(10-13-5-4-8-16-13)20(18,19)14-7-6-12(15)9-11(14)2/h6-7,9,13,16H,3-5,8,10H2,1-2H3. The molecule has 0 bridgehead atoms. The topological polar surface area (TPSA) is 49.4 Å². The van der Waals surface area contributed by atoms with Crippen LogP contribution in [0.25, 0.3) is 0 Å². The molecule has 1 fully saturated rings. The fraction of sp³-hybridized carbons (Fsp3) is 0.571. The molecule has 6 heteroatoms. The Labute approximate surface area is 126 Å². The summed E-state index contributed by atoms with van der Waals surface area (Å²) >= 11 is 5.90. The van der Waals surface area contributed by atoms with Crippen molar-refractivity contribution in [3.05, 3.63) is 28.8 Å². The quantitative estimate of drug-likeness (QED) is 0.907. The lowest BCUT2D eigenvalue weighted by Crippen LogP contribution is -2.41. The van der Waals surface area contributed by atoms with Gasteiger partial charge in [-0.3, -0.25) is 0 Å². The summed E-state index contributed by atoms with van der Waals surface area (Å²) in [4.78, 5) is 0.349. The van der Waals surface area contributed by atoms with Crippen molar-refractivity contribution < 1.29 is 8.42 Å². The van der Waals surface area contributed by atoms with Gasteiger partial charge in [-0.2, -0.15) is 4.31 Å². The van der Waals surface area contributed by atoms with Crippen molar-refractivity contribution >= 4 is 21.6 Å². The lowest BCUT2D eigenvalue weighted by Gasteiger charge is -2.24. The van der Waals surface area contributed by atoms with Gasteiger partial charge in [0.05, 0.1) is 4.90 Å². The Kier molecular flexibility index (Phi) is 5.07. The average molecular weight is 317 g/mol. The molecule has 0 spiro atoms. The van der Waals surface area contributed by atoms with Gasteiger partial charge in [-0.1, -0.05) is 18.5 Å². The molecule has 1 aliphatic rings. The van der Waals surface area contributed by atoms with Crippen LogP contribution in [0.1, 0.15) is 25.3 Å². The Bertz CT molecular complexity index is 569. The van der Waals surface area contributed by atoms with Crippen molar-refractivity contribution in [2.75, 3.05) is 19.6 Å². The largest absolute Gasteiger partial charge is 0.313 e. The summed E-state index contributed by atoms with van der Waals surface area (Å²) in [7, 11) is -3.45. The average Bonchev–Trinajstić information content (AvgIpc) is 2.88. The highest BCUT2D eigenvalue weighted by Crippen LogP contribution is 2.23. The number of nitrogens with zero attached hydrogens (tertiary/aromatic N) is 1. The van der Waals surface area contributed by atoms with Gasteiger partial charge >= 0.3 is 0 Å². The second kappa shape index (κ2) is 6.43. The molecule has 20 heavy (non-hydrogen) atoms. The number of rotatable bonds is 5. The molecule has 1 N–H and O–H groups in total. The Balaban J connectivity index is 2.26. The predicted octanol–water partition coefficient (Wildman–Crippen LogP) is 2.41. The molecular weight excluding hydrogens is 296 g/mol.